The van der Waals surface area contributed by atoms with E-state index in [1.807, 2.05) is 0 Å². The fraction of sp³-hybridized carbons (Fsp3) is 0.167. The molecule has 2 aromatic heterocycles. The third kappa shape index (κ3) is 1.78. The number of aromatic nitrogens is 4. The van der Waals surface area contributed by atoms with Crippen LogP contribution < -0.4 is 21.1 Å². The fourth-order valence-corrected chi connectivity index (χ4v) is 2.32. The maximum absolute atomic E-state index is 11.8. The zero-order valence-electron chi connectivity index (χ0n) is 11.2. The van der Waals surface area contributed by atoms with E-state index in [0.717, 1.165) is 0 Å². The molecule has 4 N–H and O–H groups in total. The van der Waals surface area contributed by atoms with Gasteiger partial charge >= 0.3 is 33.4 Å². The predicted octanol–water partition coefficient (Wildman–Crippen LogP) is -0.477. The largest absolute Gasteiger partial charge is 0.354 e. The summed E-state index contributed by atoms with van der Waals surface area (Å²) < 4.78 is 0. The highest BCUT2D eigenvalue weighted by atomic mass is 16.6. The highest BCUT2D eigenvalue weighted by Crippen LogP contribution is 2.27. The van der Waals surface area contributed by atoms with Gasteiger partial charge in [-0.2, -0.15) is 9.97 Å². The van der Waals surface area contributed by atoms with Gasteiger partial charge in [0.2, 0.25) is 0 Å². The van der Waals surface area contributed by atoms with E-state index in [1.165, 1.54) is 0 Å². The van der Waals surface area contributed by atoms with Crippen molar-refractivity contribution in [3.8, 4) is 0 Å². The molecule has 2 heterocycles. The Morgan fingerprint density at radius 3 is 2.19 bits per heavy atom. The molecule has 0 amide bonds. The van der Waals surface area contributed by atoms with E-state index in [-0.39, 0.29) is 22.2 Å². The minimum Gasteiger partial charge on any atom is -0.260 e. The van der Waals surface area contributed by atoms with Gasteiger partial charge in [0.15, 0.2) is 0 Å². The van der Waals surface area contributed by atoms with Crippen molar-refractivity contribution in [3.63, 3.8) is 0 Å². The van der Waals surface area contributed by atoms with E-state index >= 15 is 0 Å². The first-order valence-corrected chi connectivity index (χ1v) is 6.07. The Hall–Kier alpha value is -3.10. The molecule has 0 aliphatic heterocycles. The summed E-state index contributed by atoms with van der Waals surface area (Å²) in [7, 11) is 0. The summed E-state index contributed by atoms with van der Waals surface area (Å²) >= 11 is 0. The summed E-state index contributed by atoms with van der Waals surface area (Å²) in [5.41, 5.74) is 0.528. The van der Waals surface area contributed by atoms with Gasteiger partial charge in [-0.25, -0.2) is 0 Å². The van der Waals surface area contributed by atoms with Gasteiger partial charge in [0, 0.05) is 11.6 Å². The minimum atomic E-state index is -0.574. The number of hydrogen-bond acceptors (Lipinski definition) is 4. The zero-order valence-corrected chi connectivity index (χ0v) is 11.2. The molecule has 9 heteroatoms. The lowest BCUT2D eigenvalue weighted by Gasteiger charge is -1.99. The first-order valence-electron chi connectivity index (χ1n) is 6.07. The highest BCUT2D eigenvalue weighted by Gasteiger charge is 2.30. The third-order valence-corrected chi connectivity index (χ3v) is 3.50. The molecule has 0 unspecified atom stereocenters. The molecule has 0 bridgehead atoms. The highest BCUT2D eigenvalue weighted by molar-refractivity contribution is 5.84. The topological polar surface area (TPSA) is 137 Å². The second-order valence-electron chi connectivity index (χ2n) is 4.75. The number of nitrogens with one attached hydrogen (secondary N) is 4. The standard InChI is InChI=1S/C12H9N5O4/c1-4-3-6-7(10(5(4)2)17(20)21)14-9-8(13-6)11(18)15-16-12(9)19/h3H,1-2H3,(H,15,18)(H,16,19)/p+2. The van der Waals surface area contributed by atoms with Crippen molar-refractivity contribution < 1.29 is 14.9 Å². The van der Waals surface area contributed by atoms with Crippen molar-refractivity contribution in [1.29, 1.82) is 0 Å². The number of benzene rings is 1. The Morgan fingerprint density at radius 2 is 1.62 bits per heavy atom. The SMILES string of the molecule is Cc1cc2[nH+]c3c(=O)[nH][nH]c(=O)c3[nH+]c2c([N+](=O)[O-])c1C. The molecule has 1 aromatic carbocycles. The first kappa shape index (κ1) is 12.9. The molecule has 0 spiro atoms. The van der Waals surface area contributed by atoms with Crippen LogP contribution in [-0.2, 0) is 0 Å². The molecule has 0 aliphatic rings. The van der Waals surface area contributed by atoms with E-state index in [9.17, 15) is 19.7 Å². The molecule has 9 nitrogen and oxygen atoms in total. The second kappa shape index (κ2) is 4.20. The van der Waals surface area contributed by atoms with Crippen LogP contribution in [-0.4, -0.2) is 15.1 Å². The summed E-state index contributed by atoms with van der Waals surface area (Å²) in [5.74, 6) is 0. The lowest BCUT2D eigenvalue weighted by Crippen LogP contribution is -2.32. The smallest absolute Gasteiger partial charge is 0.260 e. The molecule has 0 saturated carbocycles. The molecule has 0 fully saturated rings. The van der Waals surface area contributed by atoms with Gasteiger partial charge in [0.25, 0.3) is 5.52 Å². The van der Waals surface area contributed by atoms with Crippen LogP contribution in [0.4, 0.5) is 5.69 Å². The van der Waals surface area contributed by atoms with Crippen LogP contribution in [0.1, 0.15) is 11.1 Å². The maximum atomic E-state index is 11.8. The minimum absolute atomic E-state index is 0.0313. The average molecular weight is 289 g/mol. The van der Waals surface area contributed by atoms with Crippen molar-refractivity contribution in [1.82, 2.24) is 10.2 Å². The molecule has 0 radical (unpaired) electrons. The van der Waals surface area contributed by atoms with Crippen LogP contribution in [0.2, 0.25) is 0 Å². The van der Waals surface area contributed by atoms with Crippen LogP contribution in [0.15, 0.2) is 15.7 Å². The quantitative estimate of drug-likeness (QED) is 0.355. The van der Waals surface area contributed by atoms with Crippen molar-refractivity contribution in [2.45, 2.75) is 13.8 Å². The van der Waals surface area contributed by atoms with Crippen molar-refractivity contribution >= 4 is 27.8 Å². The van der Waals surface area contributed by atoms with Gasteiger partial charge in [-0.05, 0) is 19.4 Å². The summed E-state index contributed by atoms with van der Waals surface area (Å²) in [5, 5.41) is 15.7. The van der Waals surface area contributed by atoms with Gasteiger partial charge in [0.05, 0.1) is 4.92 Å². The summed E-state index contributed by atoms with van der Waals surface area (Å²) in [6, 6.07) is 1.69. The number of H-pyrrole nitrogens is 4. The molecule has 0 atom stereocenters. The van der Waals surface area contributed by atoms with Crippen molar-refractivity contribution in [3.05, 3.63) is 48.0 Å². The Bertz CT molecular complexity index is 1030. The van der Waals surface area contributed by atoms with Crippen LogP contribution in [0.3, 0.4) is 0 Å². The molecule has 21 heavy (non-hydrogen) atoms. The van der Waals surface area contributed by atoms with Gasteiger partial charge < -0.3 is 0 Å². The number of nitro benzene ring substituents is 1. The lowest BCUT2D eigenvalue weighted by molar-refractivity contribution is -0.402. The second-order valence-corrected chi connectivity index (χ2v) is 4.75. The van der Waals surface area contributed by atoms with Crippen LogP contribution in [0.25, 0.3) is 22.1 Å². The fourth-order valence-electron chi connectivity index (χ4n) is 2.32. The molecule has 106 valence electrons. The number of nitro groups is 1. The number of fused-ring (bicyclic) bond motifs is 2. The number of hydrogen-bond donors (Lipinski definition) is 2. The maximum Gasteiger partial charge on any atom is 0.354 e. The summed E-state index contributed by atoms with van der Waals surface area (Å²) in [6.45, 7) is 3.37. The number of rotatable bonds is 1. The Kier molecular flexibility index (Phi) is 2.58. The molecular formula is C12H11N5O4+2. The molecule has 0 saturated heterocycles. The van der Waals surface area contributed by atoms with Crippen molar-refractivity contribution in [2.75, 3.05) is 0 Å². The molecular weight excluding hydrogens is 278 g/mol. The predicted molar refractivity (Wildman–Crippen MR) is 71.9 cm³/mol. The van der Waals surface area contributed by atoms with Crippen LogP contribution >= 0.6 is 0 Å². The third-order valence-electron chi connectivity index (χ3n) is 3.50. The Labute approximate surface area is 115 Å². The van der Waals surface area contributed by atoms with E-state index in [4.69, 9.17) is 0 Å². The van der Waals surface area contributed by atoms with E-state index in [2.05, 4.69) is 20.2 Å². The number of nitrogens with zero attached hydrogens (tertiary/aromatic N) is 1. The lowest BCUT2D eigenvalue weighted by atomic mass is 10.1. The van der Waals surface area contributed by atoms with Gasteiger partial charge in [-0.3, -0.25) is 29.9 Å². The number of aromatic amines is 4. The molecule has 0 aliphatic carbocycles. The summed E-state index contributed by atoms with van der Waals surface area (Å²) in [6.07, 6.45) is 0. The molecule has 3 aromatic rings. The van der Waals surface area contributed by atoms with Gasteiger partial charge in [-0.15, -0.1) is 0 Å². The van der Waals surface area contributed by atoms with E-state index in [1.54, 1.807) is 19.9 Å². The Morgan fingerprint density at radius 1 is 1.05 bits per heavy atom. The van der Waals surface area contributed by atoms with E-state index < -0.39 is 16.0 Å². The summed E-state index contributed by atoms with van der Waals surface area (Å²) in [4.78, 5) is 39.8. The van der Waals surface area contributed by atoms with Crippen LogP contribution in [0.5, 0.6) is 0 Å². The first-order chi connectivity index (χ1) is 9.90. The van der Waals surface area contributed by atoms with E-state index in [0.29, 0.717) is 16.6 Å². The van der Waals surface area contributed by atoms with Gasteiger partial charge in [-0.1, -0.05) is 0 Å². The normalized spacial score (nSPS) is 11.1. The van der Waals surface area contributed by atoms with Gasteiger partial charge in [0.1, 0.15) is 0 Å². The average Bonchev–Trinajstić information content (AvgIpc) is 2.43. The monoisotopic (exact) mass is 289 g/mol. The Balaban J connectivity index is 2.65. The van der Waals surface area contributed by atoms with Crippen LogP contribution in [0, 0.1) is 24.0 Å². The zero-order chi connectivity index (χ0) is 15.3. The molecule has 3 rings (SSSR count). The number of aryl methyl sites for hydroxylation is 1. The van der Waals surface area contributed by atoms with Crippen molar-refractivity contribution in [2.24, 2.45) is 0 Å².